The number of hydrogen-bond donors (Lipinski definition) is 3. The molecular formula is C26H27ClFN5O9S. The van der Waals surface area contributed by atoms with Gasteiger partial charge in [0.1, 0.15) is 17.8 Å². The quantitative estimate of drug-likeness (QED) is 0.253. The number of benzene rings is 1. The number of nitrogens with two attached hydrogens (primary N) is 1. The summed E-state index contributed by atoms with van der Waals surface area (Å²) in [6.07, 6.45) is 3.67. The highest BCUT2D eigenvalue weighted by molar-refractivity contribution is 7.85. The highest BCUT2D eigenvalue weighted by Crippen LogP contribution is 2.38. The van der Waals surface area contributed by atoms with E-state index < -0.39 is 32.9 Å². The van der Waals surface area contributed by atoms with Crippen molar-refractivity contribution in [2.75, 3.05) is 37.6 Å². The van der Waals surface area contributed by atoms with Gasteiger partial charge in [-0.1, -0.05) is 16.8 Å². The average molecular weight is 640 g/mol. The molecule has 1 saturated heterocycles. The number of carboxylic acid groups (broad SMARTS) is 1. The van der Waals surface area contributed by atoms with Gasteiger partial charge in [0.05, 0.1) is 28.9 Å². The Hall–Kier alpha value is -3.99. The van der Waals surface area contributed by atoms with Crippen molar-refractivity contribution in [2.45, 2.75) is 25.5 Å². The number of aromatic nitrogens is 2. The number of anilines is 1. The zero-order chi connectivity index (χ0) is 31.1. The first-order valence-corrected chi connectivity index (χ1v) is 15.2. The minimum Gasteiger partial charge on any atom is -0.477 e. The van der Waals surface area contributed by atoms with Crippen molar-refractivity contribution in [1.29, 1.82) is 0 Å². The molecule has 0 amide bonds. The zero-order valence-electron chi connectivity index (χ0n) is 22.7. The Labute approximate surface area is 249 Å². The van der Waals surface area contributed by atoms with Crippen molar-refractivity contribution in [1.82, 2.24) is 9.55 Å². The monoisotopic (exact) mass is 639 g/mol. The van der Waals surface area contributed by atoms with E-state index in [-0.39, 0.29) is 55.3 Å². The Morgan fingerprint density at radius 3 is 2.58 bits per heavy atom. The van der Waals surface area contributed by atoms with E-state index in [1.807, 2.05) is 0 Å². The number of oxime groups is 1. The predicted octanol–water partition coefficient (Wildman–Crippen LogP) is 2.42. The third-order valence-electron chi connectivity index (χ3n) is 6.90. The maximum Gasteiger partial charge on any atom is 0.341 e. The standard InChI is InChI=1S/C25H23ClFN5O6.CH4O3S/c26-17-5-21-20(36-11-37-21)3-12(17)10-38-30-19-9-31(7-13(19)6-28)24-18(27)4-15-22(33)16(25(34)35)8-32(14-1-2-14)23(15)29-24;1-5(2,3)4/h3-5,8,13-14H,1-2,6-7,9-11,28H2,(H,34,35);1H3,(H,2,3,4)/b30-19+;. The summed E-state index contributed by atoms with van der Waals surface area (Å²) in [5.41, 5.74) is 6.34. The summed E-state index contributed by atoms with van der Waals surface area (Å²) in [6.45, 7) is 1.03. The number of carbonyl (C=O) groups is 1. The molecule has 1 atom stereocenters. The van der Waals surface area contributed by atoms with Crippen LogP contribution < -0.4 is 25.5 Å². The first kappa shape index (κ1) is 30.5. The molecule has 6 rings (SSSR count). The van der Waals surface area contributed by atoms with E-state index in [1.54, 1.807) is 21.6 Å². The normalized spacial score (nSPS) is 18.6. The van der Waals surface area contributed by atoms with Gasteiger partial charge in [-0.05, 0) is 25.0 Å². The van der Waals surface area contributed by atoms with Gasteiger partial charge < -0.3 is 34.6 Å². The second-order valence-corrected chi connectivity index (χ2v) is 12.1. The van der Waals surface area contributed by atoms with Crippen molar-refractivity contribution in [3.8, 4) is 11.5 Å². The van der Waals surface area contributed by atoms with E-state index >= 15 is 4.39 Å². The molecule has 3 aromatic rings. The number of carboxylic acids is 1. The summed E-state index contributed by atoms with van der Waals surface area (Å²) in [6, 6.07) is 4.47. The topological polar surface area (TPSA) is 196 Å². The van der Waals surface area contributed by atoms with E-state index in [9.17, 15) is 23.1 Å². The van der Waals surface area contributed by atoms with Gasteiger partial charge in [-0.25, -0.2) is 14.2 Å². The lowest BCUT2D eigenvalue weighted by Gasteiger charge is -2.19. The lowest BCUT2D eigenvalue weighted by atomic mass is 10.1. The van der Waals surface area contributed by atoms with Crippen LogP contribution in [-0.2, 0) is 21.6 Å². The minimum absolute atomic E-state index is 0.0194. The second-order valence-electron chi connectivity index (χ2n) is 10.2. The Morgan fingerprint density at radius 2 is 1.95 bits per heavy atom. The number of fused-ring (bicyclic) bond motifs is 2. The lowest BCUT2D eigenvalue weighted by molar-refractivity contribution is 0.0694. The molecule has 14 nitrogen and oxygen atoms in total. The summed E-state index contributed by atoms with van der Waals surface area (Å²) in [5, 5.41) is 14.1. The van der Waals surface area contributed by atoms with Crippen LogP contribution in [0.2, 0.25) is 5.02 Å². The smallest absolute Gasteiger partial charge is 0.341 e. The number of aromatic carboxylic acids is 1. The molecule has 4 heterocycles. The van der Waals surface area contributed by atoms with Crippen LogP contribution in [-0.4, -0.2) is 72.0 Å². The van der Waals surface area contributed by atoms with Crippen LogP contribution in [0.3, 0.4) is 0 Å². The van der Waals surface area contributed by atoms with E-state index in [0.29, 0.717) is 40.6 Å². The summed E-state index contributed by atoms with van der Waals surface area (Å²) in [4.78, 5) is 36.1. The zero-order valence-corrected chi connectivity index (χ0v) is 24.3. The van der Waals surface area contributed by atoms with Gasteiger partial charge in [-0.15, -0.1) is 0 Å². The number of halogens is 2. The molecule has 1 aromatic carbocycles. The van der Waals surface area contributed by atoms with Crippen molar-refractivity contribution < 1.29 is 41.6 Å². The Morgan fingerprint density at radius 1 is 1.28 bits per heavy atom. The number of rotatable bonds is 7. The molecule has 2 fully saturated rings. The number of ether oxygens (including phenoxy) is 2. The number of pyridine rings is 2. The van der Waals surface area contributed by atoms with Crippen LogP contribution in [0.4, 0.5) is 10.2 Å². The minimum atomic E-state index is -3.67. The van der Waals surface area contributed by atoms with Crippen LogP contribution >= 0.6 is 11.6 Å². The van der Waals surface area contributed by atoms with E-state index in [0.717, 1.165) is 18.9 Å². The highest BCUT2D eigenvalue weighted by Gasteiger charge is 2.33. The summed E-state index contributed by atoms with van der Waals surface area (Å²) in [7, 11) is -3.67. The highest BCUT2D eigenvalue weighted by atomic mass is 35.5. The van der Waals surface area contributed by atoms with Crippen molar-refractivity contribution in [3.63, 3.8) is 0 Å². The number of hydrogen-bond acceptors (Lipinski definition) is 11. The van der Waals surface area contributed by atoms with Gasteiger partial charge in [0, 0.05) is 42.9 Å². The Balaban J connectivity index is 0.000000682. The average Bonchev–Trinajstić information content (AvgIpc) is 3.53. The van der Waals surface area contributed by atoms with Crippen molar-refractivity contribution >= 4 is 50.3 Å². The first-order valence-electron chi connectivity index (χ1n) is 13.0. The molecule has 0 spiro atoms. The van der Waals surface area contributed by atoms with E-state index in [4.69, 9.17) is 36.2 Å². The molecule has 2 aromatic heterocycles. The maximum atomic E-state index is 15.3. The van der Waals surface area contributed by atoms with Crippen LogP contribution in [0.1, 0.15) is 34.8 Å². The Kier molecular flexibility index (Phi) is 8.47. The fraction of sp³-hybridized carbons (Fsp3) is 0.385. The SMILES string of the molecule is CS(=O)(=O)O.NCC1CN(c2nc3c(cc2F)c(=O)c(C(=O)O)cn3C2CC2)C/C1=N\OCc1cc2c(cc1Cl)OCO2. The Bertz CT molecular complexity index is 1790. The fourth-order valence-electron chi connectivity index (χ4n) is 4.73. The molecule has 0 radical (unpaired) electrons. The molecule has 1 unspecified atom stereocenters. The molecule has 17 heteroatoms. The van der Waals surface area contributed by atoms with Crippen LogP contribution in [0.5, 0.6) is 11.5 Å². The fourth-order valence-corrected chi connectivity index (χ4v) is 4.94. The van der Waals surface area contributed by atoms with Gasteiger partial charge in [-0.2, -0.15) is 8.42 Å². The molecule has 230 valence electrons. The third-order valence-corrected chi connectivity index (χ3v) is 7.25. The predicted molar refractivity (Wildman–Crippen MR) is 153 cm³/mol. The van der Waals surface area contributed by atoms with Crippen LogP contribution in [0.15, 0.2) is 34.3 Å². The van der Waals surface area contributed by atoms with Gasteiger partial charge in [0.25, 0.3) is 10.1 Å². The van der Waals surface area contributed by atoms with Gasteiger partial charge >= 0.3 is 5.97 Å². The number of nitrogens with zero attached hydrogens (tertiary/aromatic N) is 4. The summed E-state index contributed by atoms with van der Waals surface area (Å²) < 4.78 is 53.5. The molecule has 2 aliphatic heterocycles. The first-order chi connectivity index (χ1) is 20.3. The van der Waals surface area contributed by atoms with E-state index in [2.05, 4.69) is 10.1 Å². The largest absolute Gasteiger partial charge is 0.477 e. The molecule has 0 bridgehead atoms. The van der Waals surface area contributed by atoms with Crippen LogP contribution in [0.25, 0.3) is 11.0 Å². The lowest BCUT2D eigenvalue weighted by Crippen LogP contribution is -2.26. The molecular weight excluding hydrogens is 613 g/mol. The van der Waals surface area contributed by atoms with Gasteiger partial charge in [0.2, 0.25) is 12.2 Å². The molecule has 3 aliphatic rings. The van der Waals surface area contributed by atoms with E-state index in [1.165, 1.54) is 6.20 Å². The van der Waals surface area contributed by atoms with Gasteiger partial charge in [-0.3, -0.25) is 9.35 Å². The molecule has 1 aliphatic carbocycles. The molecule has 4 N–H and O–H groups in total. The summed E-state index contributed by atoms with van der Waals surface area (Å²) in [5.74, 6) is -1.12. The molecule has 1 saturated carbocycles. The van der Waals surface area contributed by atoms with Crippen molar-refractivity contribution in [3.05, 3.63) is 56.6 Å². The third kappa shape index (κ3) is 6.82. The maximum absolute atomic E-state index is 15.3. The molecule has 43 heavy (non-hydrogen) atoms. The summed E-state index contributed by atoms with van der Waals surface area (Å²) >= 11 is 6.31. The second kappa shape index (κ2) is 11.9. The van der Waals surface area contributed by atoms with Crippen LogP contribution in [0, 0.1) is 11.7 Å². The van der Waals surface area contributed by atoms with Gasteiger partial charge in [0.15, 0.2) is 23.1 Å². The van der Waals surface area contributed by atoms with Crippen molar-refractivity contribution in [2.24, 2.45) is 16.8 Å².